The minimum atomic E-state index is -2.91. The van der Waals surface area contributed by atoms with Crippen LogP contribution in [-0.2, 0) is 14.6 Å². The van der Waals surface area contributed by atoms with E-state index in [1.54, 1.807) is 0 Å². The van der Waals surface area contributed by atoms with Gasteiger partial charge in [0.05, 0.1) is 5.75 Å². The molecule has 1 aliphatic rings. The highest BCUT2D eigenvalue weighted by molar-refractivity contribution is 9.09. The fraction of sp³-hybridized carbons (Fsp3) is 0.889. The Morgan fingerprint density at radius 3 is 2.71 bits per heavy atom. The van der Waals surface area contributed by atoms with Crippen LogP contribution in [0.2, 0.25) is 0 Å². The molecule has 0 saturated carbocycles. The molecule has 3 atom stereocenters. The van der Waals surface area contributed by atoms with E-state index in [0.29, 0.717) is 11.7 Å². The molecule has 0 spiro atoms. The number of hydrogen-bond acceptors (Lipinski definition) is 4. The highest BCUT2D eigenvalue weighted by Gasteiger charge is 2.19. The van der Waals surface area contributed by atoms with Gasteiger partial charge in [-0.2, -0.15) is 0 Å². The van der Waals surface area contributed by atoms with Gasteiger partial charge >= 0.3 is 0 Å². The summed E-state index contributed by atoms with van der Waals surface area (Å²) in [6, 6.07) is 0. The summed E-state index contributed by atoms with van der Waals surface area (Å²) in [4.78, 5) is 0. The smallest absolute Gasteiger partial charge is 0.147 e. The number of hydrogen-bond donors (Lipinski definition) is 1. The molecule has 0 aliphatic carbocycles. The monoisotopic (exact) mass is 423 g/mol. The minimum absolute atomic E-state index is 0.147. The van der Waals surface area contributed by atoms with Gasteiger partial charge in [-0.15, -0.1) is 0 Å². The van der Waals surface area contributed by atoms with Crippen molar-refractivity contribution in [3.8, 4) is 0 Å². The summed E-state index contributed by atoms with van der Waals surface area (Å²) in [5, 5.41) is 4.33. The molecule has 1 N–H and O–H groups in total. The average molecular weight is 424 g/mol. The van der Waals surface area contributed by atoms with Crippen molar-refractivity contribution in [2.45, 2.75) is 58.1 Å². The lowest BCUT2D eigenvalue weighted by atomic mass is 9.91. The molecular formula is C18H34BrNO3S. The first-order valence-corrected chi connectivity index (χ1v) is 12.2. The van der Waals surface area contributed by atoms with E-state index in [-0.39, 0.29) is 12.1 Å². The molecule has 0 aromatic rings. The molecule has 1 saturated heterocycles. The van der Waals surface area contributed by atoms with Crippen LogP contribution in [0, 0.1) is 11.8 Å². The molecule has 0 amide bonds. The maximum absolute atomic E-state index is 11.7. The van der Waals surface area contributed by atoms with E-state index in [9.17, 15) is 8.42 Å². The Morgan fingerprint density at radius 1 is 1.38 bits per heavy atom. The van der Waals surface area contributed by atoms with Gasteiger partial charge < -0.3 is 4.74 Å². The van der Waals surface area contributed by atoms with Gasteiger partial charge in [0.15, 0.2) is 0 Å². The summed E-state index contributed by atoms with van der Waals surface area (Å²) in [5.41, 5.74) is 1.25. The van der Waals surface area contributed by atoms with E-state index >= 15 is 0 Å². The molecule has 4 nitrogen and oxygen atoms in total. The zero-order valence-corrected chi connectivity index (χ0v) is 17.6. The first kappa shape index (κ1) is 22.1. The zero-order chi connectivity index (χ0) is 18.0. The Kier molecular flexibility index (Phi) is 10.7. The standard InChI is InChI=1S/C18H34BrNO3S/c1-15(9-11-23-18-8-7-16(2)13-20-18)12-17(6-4-5-10-19)14-24(3,21)22/h15,17-18,20H,2,4-14H2,1,3H3/t15-,17?,18+/m0/s1. The summed E-state index contributed by atoms with van der Waals surface area (Å²) in [6.45, 7) is 7.77. The topological polar surface area (TPSA) is 55.4 Å². The molecule has 0 aromatic carbocycles. The lowest BCUT2D eigenvalue weighted by Gasteiger charge is -2.26. The van der Waals surface area contributed by atoms with Crippen molar-refractivity contribution in [1.29, 1.82) is 0 Å². The third kappa shape index (κ3) is 10.9. The van der Waals surface area contributed by atoms with Crippen molar-refractivity contribution in [2.75, 3.05) is 30.5 Å². The van der Waals surface area contributed by atoms with Crippen LogP contribution >= 0.6 is 15.9 Å². The number of sulfone groups is 1. The molecule has 0 radical (unpaired) electrons. The van der Waals surface area contributed by atoms with Crippen molar-refractivity contribution in [3.63, 3.8) is 0 Å². The van der Waals surface area contributed by atoms with Crippen LogP contribution in [0.3, 0.4) is 0 Å². The number of piperidine rings is 1. The fourth-order valence-electron chi connectivity index (χ4n) is 3.25. The third-order valence-corrected chi connectivity index (χ3v) is 6.18. The van der Waals surface area contributed by atoms with Gasteiger partial charge in [-0.1, -0.05) is 41.4 Å². The molecule has 6 heteroatoms. The minimum Gasteiger partial charge on any atom is -0.363 e. The number of ether oxygens (including phenoxy) is 1. The average Bonchev–Trinajstić information content (AvgIpc) is 2.48. The van der Waals surface area contributed by atoms with Crippen molar-refractivity contribution in [3.05, 3.63) is 12.2 Å². The summed E-state index contributed by atoms with van der Waals surface area (Å²) < 4.78 is 29.2. The Bertz CT molecular complexity index is 457. The number of halogens is 1. The van der Waals surface area contributed by atoms with Gasteiger partial charge in [-0.3, -0.25) is 5.32 Å². The highest BCUT2D eigenvalue weighted by Crippen LogP contribution is 2.23. The maximum Gasteiger partial charge on any atom is 0.147 e. The van der Waals surface area contributed by atoms with Gasteiger partial charge in [-0.25, -0.2) is 8.42 Å². The molecule has 1 rings (SSSR count). The fourth-order valence-corrected chi connectivity index (χ4v) is 4.80. The Balaban J connectivity index is 2.29. The van der Waals surface area contributed by atoms with E-state index < -0.39 is 9.84 Å². The first-order chi connectivity index (χ1) is 11.3. The van der Waals surface area contributed by atoms with Gasteiger partial charge in [0.25, 0.3) is 0 Å². The van der Waals surface area contributed by atoms with E-state index in [1.165, 1.54) is 11.8 Å². The predicted octanol–water partition coefficient (Wildman–Crippen LogP) is 3.91. The molecule has 1 heterocycles. The van der Waals surface area contributed by atoms with Crippen LogP contribution in [0.5, 0.6) is 0 Å². The maximum atomic E-state index is 11.7. The molecule has 24 heavy (non-hydrogen) atoms. The summed E-state index contributed by atoms with van der Waals surface area (Å²) in [5.74, 6) is 1.07. The van der Waals surface area contributed by atoms with Crippen LogP contribution in [0.15, 0.2) is 12.2 Å². The van der Waals surface area contributed by atoms with Gasteiger partial charge in [-0.05, 0) is 50.4 Å². The van der Waals surface area contributed by atoms with Gasteiger partial charge in [0.2, 0.25) is 0 Å². The molecule has 1 fully saturated rings. The largest absolute Gasteiger partial charge is 0.363 e. The van der Waals surface area contributed by atoms with Crippen molar-refractivity contribution in [2.24, 2.45) is 11.8 Å². The summed E-state index contributed by atoms with van der Waals surface area (Å²) in [6.07, 6.45) is 8.67. The molecular weight excluding hydrogens is 390 g/mol. The number of rotatable bonds is 12. The Morgan fingerprint density at radius 2 is 2.12 bits per heavy atom. The normalized spacial score (nSPS) is 21.6. The lowest BCUT2D eigenvalue weighted by Crippen LogP contribution is -2.37. The van der Waals surface area contributed by atoms with E-state index in [0.717, 1.165) is 63.4 Å². The van der Waals surface area contributed by atoms with Crippen LogP contribution < -0.4 is 5.32 Å². The Hall–Kier alpha value is 0.0900. The van der Waals surface area contributed by atoms with Gasteiger partial charge in [0.1, 0.15) is 16.1 Å². The van der Waals surface area contributed by atoms with Crippen LogP contribution in [0.1, 0.15) is 51.9 Å². The van der Waals surface area contributed by atoms with E-state index in [1.807, 2.05) is 0 Å². The second kappa shape index (κ2) is 11.7. The van der Waals surface area contributed by atoms with Crippen molar-refractivity contribution < 1.29 is 13.2 Å². The SMILES string of the molecule is C=C1CC[C@@H](OCC[C@H](C)CC(CCCCBr)CS(C)(=O)=O)NC1. The molecule has 1 aliphatic heterocycles. The number of alkyl halides is 1. The van der Waals surface area contributed by atoms with Crippen LogP contribution in [-0.4, -0.2) is 45.1 Å². The van der Waals surface area contributed by atoms with Crippen molar-refractivity contribution in [1.82, 2.24) is 5.32 Å². The number of unbranched alkanes of at least 4 members (excludes halogenated alkanes) is 1. The van der Waals surface area contributed by atoms with E-state index in [2.05, 4.69) is 34.7 Å². The molecule has 0 aromatic heterocycles. The molecule has 142 valence electrons. The molecule has 1 unspecified atom stereocenters. The van der Waals surface area contributed by atoms with Crippen molar-refractivity contribution >= 4 is 25.8 Å². The summed E-state index contributed by atoms with van der Waals surface area (Å²) >= 11 is 3.44. The Labute approximate surface area is 156 Å². The van der Waals surface area contributed by atoms with Crippen LogP contribution in [0.25, 0.3) is 0 Å². The van der Waals surface area contributed by atoms with E-state index in [4.69, 9.17) is 4.74 Å². The predicted molar refractivity (Wildman–Crippen MR) is 105 cm³/mol. The van der Waals surface area contributed by atoms with Gasteiger partial charge in [0, 0.05) is 24.7 Å². The first-order valence-electron chi connectivity index (χ1n) is 9.05. The second-order valence-electron chi connectivity index (χ2n) is 7.30. The summed E-state index contributed by atoms with van der Waals surface area (Å²) in [7, 11) is -2.91. The van der Waals surface area contributed by atoms with Crippen LogP contribution in [0.4, 0.5) is 0 Å². The third-order valence-electron chi connectivity index (χ3n) is 4.54. The lowest BCUT2D eigenvalue weighted by molar-refractivity contribution is 0.0124. The quantitative estimate of drug-likeness (QED) is 0.293. The number of nitrogens with one attached hydrogen (secondary N) is 1. The molecule has 0 bridgehead atoms. The zero-order valence-electron chi connectivity index (χ0n) is 15.2. The highest BCUT2D eigenvalue weighted by atomic mass is 79.9. The second-order valence-corrected chi connectivity index (χ2v) is 10.3.